The zero-order valence-corrected chi connectivity index (χ0v) is 11.2. The molecule has 0 aliphatic rings. The van der Waals surface area contributed by atoms with E-state index in [0.29, 0.717) is 11.4 Å². The van der Waals surface area contributed by atoms with Gasteiger partial charge in [-0.25, -0.2) is 4.68 Å². The molecule has 1 aromatic carbocycles. The molecule has 1 amide bonds. The molecule has 20 heavy (non-hydrogen) atoms. The third-order valence-electron chi connectivity index (χ3n) is 2.79. The van der Waals surface area contributed by atoms with E-state index in [9.17, 15) is 9.59 Å². The standard InChI is InChI=1S/C14H16N4O2/c1-10-8-14(20)18(16-9-10)7-6-13(19)17-12-5-3-2-4-11(12)15/h2-5,8-9H,6-7,15H2,1H3,(H,17,19). The molecule has 0 saturated carbocycles. The van der Waals surface area contributed by atoms with Crippen molar-refractivity contribution in [2.24, 2.45) is 0 Å². The number of nitrogens with zero attached hydrogens (tertiary/aromatic N) is 2. The average Bonchev–Trinajstić information content (AvgIpc) is 2.40. The minimum Gasteiger partial charge on any atom is -0.397 e. The summed E-state index contributed by atoms with van der Waals surface area (Å²) in [4.78, 5) is 23.4. The van der Waals surface area contributed by atoms with E-state index in [-0.39, 0.29) is 24.4 Å². The minimum atomic E-state index is -0.211. The quantitative estimate of drug-likeness (QED) is 0.817. The molecular weight excluding hydrogens is 256 g/mol. The van der Waals surface area contributed by atoms with Crippen molar-refractivity contribution in [1.29, 1.82) is 0 Å². The van der Waals surface area contributed by atoms with E-state index in [0.717, 1.165) is 5.56 Å². The zero-order chi connectivity index (χ0) is 14.5. The Hall–Kier alpha value is -2.63. The summed E-state index contributed by atoms with van der Waals surface area (Å²) in [5.41, 5.74) is 7.40. The third-order valence-corrected chi connectivity index (χ3v) is 2.79. The van der Waals surface area contributed by atoms with Crippen LogP contribution in [0.25, 0.3) is 0 Å². The highest BCUT2D eigenvalue weighted by Gasteiger charge is 2.06. The van der Waals surface area contributed by atoms with Crippen LogP contribution < -0.4 is 16.6 Å². The van der Waals surface area contributed by atoms with Crippen LogP contribution in [0.5, 0.6) is 0 Å². The molecule has 0 spiro atoms. The lowest BCUT2D eigenvalue weighted by Crippen LogP contribution is -2.25. The maximum Gasteiger partial charge on any atom is 0.266 e. The fourth-order valence-electron chi connectivity index (χ4n) is 1.72. The number of hydrogen-bond acceptors (Lipinski definition) is 4. The van der Waals surface area contributed by atoms with E-state index >= 15 is 0 Å². The average molecular weight is 272 g/mol. The Labute approximate surface area is 116 Å². The molecule has 0 bridgehead atoms. The van der Waals surface area contributed by atoms with Gasteiger partial charge in [-0.2, -0.15) is 5.10 Å². The van der Waals surface area contributed by atoms with Crippen LogP contribution in [0.2, 0.25) is 0 Å². The normalized spacial score (nSPS) is 10.2. The van der Waals surface area contributed by atoms with Crippen LogP contribution in [0.3, 0.4) is 0 Å². The first kappa shape index (κ1) is 13.8. The summed E-state index contributed by atoms with van der Waals surface area (Å²) >= 11 is 0. The maximum absolute atomic E-state index is 11.8. The van der Waals surface area contributed by atoms with Gasteiger partial charge in [0.2, 0.25) is 5.91 Å². The number of aromatic nitrogens is 2. The molecule has 1 heterocycles. The van der Waals surface area contributed by atoms with Gasteiger partial charge in [0.05, 0.1) is 24.1 Å². The van der Waals surface area contributed by atoms with E-state index in [1.54, 1.807) is 37.4 Å². The van der Waals surface area contributed by atoms with Crippen molar-refractivity contribution < 1.29 is 4.79 Å². The number of para-hydroxylation sites is 2. The molecule has 3 N–H and O–H groups in total. The fourth-order valence-corrected chi connectivity index (χ4v) is 1.72. The number of amides is 1. The molecule has 2 rings (SSSR count). The van der Waals surface area contributed by atoms with Crippen molar-refractivity contribution in [3.05, 3.63) is 52.4 Å². The van der Waals surface area contributed by atoms with E-state index in [4.69, 9.17) is 5.73 Å². The van der Waals surface area contributed by atoms with Crippen LogP contribution in [0.4, 0.5) is 11.4 Å². The van der Waals surface area contributed by atoms with Crippen molar-refractivity contribution in [2.45, 2.75) is 19.9 Å². The number of hydrogen-bond donors (Lipinski definition) is 2. The molecule has 0 unspecified atom stereocenters. The molecule has 104 valence electrons. The van der Waals surface area contributed by atoms with Gasteiger partial charge in [-0.05, 0) is 24.6 Å². The topological polar surface area (TPSA) is 90.0 Å². The second-order valence-electron chi connectivity index (χ2n) is 4.48. The van der Waals surface area contributed by atoms with Gasteiger partial charge < -0.3 is 11.1 Å². The van der Waals surface area contributed by atoms with Crippen molar-refractivity contribution in [3.63, 3.8) is 0 Å². The first-order valence-electron chi connectivity index (χ1n) is 6.24. The van der Waals surface area contributed by atoms with Gasteiger partial charge >= 0.3 is 0 Å². The monoisotopic (exact) mass is 272 g/mol. The Bertz CT molecular complexity index is 679. The molecule has 2 aromatic rings. The first-order chi connectivity index (χ1) is 9.56. The van der Waals surface area contributed by atoms with Crippen LogP contribution in [0.15, 0.2) is 41.3 Å². The highest BCUT2D eigenvalue weighted by molar-refractivity contribution is 5.93. The lowest BCUT2D eigenvalue weighted by molar-refractivity contribution is -0.116. The number of rotatable bonds is 4. The number of carbonyl (C=O) groups is 1. The lowest BCUT2D eigenvalue weighted by atomic mass is 10.2. The Morgan fingerprint density at radius 2 is 2.15 bits per heavy atom. The third kappa shape index (κ3) is 3.44. The number of carbonyl (C=O) groups excluding carboxylic acids is 1. The van der Waals surface area contributed by atoms with Gasteiger partial charge in [0.1, 0.15) is 0 Å². The number of nitrogens with two attached hydrogens (primary N) is 1. The van der Waals surface area contributed by atoms with Gasteiger partial charge in [0.15, 0.2) is 0 Å². The second kappa shape index (κ2) is 6.01. The summed E-state index contributed by atoms with van der Waals surface area (Å²) in [5.74, 6) is -0.211. The Kier molecular flexibility index (Phi) is 4.14. The Balaban J connectivity index is 1.96. The van der Waals surface area contributed by atoms with Gasteiger partial charge in [0, 0.05) is 12.5 Å². The van der Waals surface area contributed by atoms with E-state index < -0.39 is 0 Å². The highest BCUT2D eigenvalue weighted by atomic mass is 16.2. The molecule has 0 fully saturated rings. The van der Waals surface area contributed by atoms with Crippen LogP contribution in [0.1, 0.15) is 12.0 Å². The number of nitrogen functional groups attached to an aromatic ring is 1. The van der Waals surface area contributed by atoms with Crippen LogP contribution in [-0.4, -0.2) is 15.7 Å². The molecule has 6 nitrogen and oxygen atoms in total. The van der Waals surface area contributed by atoms with Crippen molar-refractivity contribution >= 4 is 17.3 Å². The molecular formula is C14H16N4O2. The summed E-state index contributed by atoms with van der Waals surface area (Å²) in [6.07, 6.45) is 1.75. The fraction of sp³-hybridized carbons (Fsp3) is 0.214. The maximum atomic E-state index is 11.8. The van der Waals surface area contributed by atoms with Gasteiger partial charge in [-0.3, -0.25) is 9.59 Å². The lowest BCUT2D eigenvalue weighted by Gasteiger charge is -2.08. The molecule has 0 atom stereocenters. The minimum absolute atomic E-state index is 0.157. The Morgan fingerprint density at radius 3 is 2.85 bits per heavy atom. The van der Waals surface area contributed by atoms with Crippen LogP contribution >= 0.6 is 0 Å². The molecule has 0 radical (unpaired) electrons. The number of benzene rings is 1. The smallest absolute Gasteiger partial charge is 0.266 e. The van der Waals surface area contributed by atoms with Gasteiger partial charge in [0.25, 0.3) is 5.56 Å². The highest BCUT2D eigenvalue weighted by Crippen LogP contribution is 2.16. The largest absolute Gasteiger partial charge is 0.397 e. The van der Waals surface area contributed by atoms with Crippen molar-refractivity contribution in [2.75, 3.05) is 11.1 Å². The summed E-state index contributed by atoms with van der Waals surface area (Å²) < 4.78 is 1.26. The molecule has 0 saturated heterocycles. The Morgan fingerprint density at radius 1 is 1.40 bits per heavy atom. The van der Waals surface area contributed by atoms with Crippen LogP contribution in [0, 0.1) is 6.92 Å². The molecule has 0 aliphatic carbocycles. The zero-order valence-electron chi connectivity index (χ0n) is 11.2. The predicted molar refractivity (Wildman–Crippen MR) is 77.3 cm³/mol. The first-order valence-corrected chi connectivity index (χ1v) is 6.24. The number of nitrogens with one attached hydrogen (secondary N) is 1. The molecule has 1 aromatic heterocycles. The summed E-state index contributed by atoms with van der Waals surface area (Å²) in [6, 6.07) is 8.50. The summed E-state index contributed by atoms with van der Waals surface area (Å²) in [6.45, 7) is 2.03. The predicted octanol–water partition coefficient (Wildman–Crippen LogP) is 1.16. The molecule has 0 aliphatic heterocycles. The van der Waals surface area contributed by atoms with Gasteiger partial charge in [-0.15, -0.1) is 0 Å². The van der Waals surface area contributed by atoms with E-state index in [2.05, 4.69) is 10.4 Å². The van der Waals surface area contributed by atoms with Gasteiger partial charge in [-0.1, -0.05) is 12.1 Å². The second-order valence-corrected chi connectivity index (χ2v) is 4.48. The number of aryl methyl sites for hydroxylation is 2. The van der Waals surface area contributed by atoms with E-state index in [1.165, 1.54) is 10.7 Å². The SMILES string of the molecule is Cc1cnn(CCC(=O)Nc2ccccc2N)c(=O)c1. The summed E-state index contributed by atoms with van der Waals surface area (Å²) in [7, 11) is 0. The van der Waals surface area contributed by atoms with Crippen molar-refractivity contribution in [3.8, 4) is 0 Å². The van der Waals surface area contributed by atoms with Crippen LogP contribution in [-0.2, 0) is 11.3 Å². The van der Waals surface area contributed by atoms with E-state index in [1.807, 2.05) is 0 Å². The van der Waals surface area contributed by atoms with Crippen molar-refractivity contribution in [1.82, 2.24) is 9.78 Å². The molecule has 6 heteroatoms. The summed E-state index contributed by atoms with van der Waals surface area (Å²) in [5, 5.41) is 6.68. The number of anilines is 2.